The Morgan fingerprint density at radius 2 is 2.05 bits per heavy atom. The van der Waals surface area contributed by atoms with Crippen molar-refractivity contribution in [2.75, 3.05) is 19.8 Å². The number of fused-ring (bicyclic) bond motifs is 1. The molecule has 4 heteroatoms. The summed E-state index contributed by atoms with van der Waals surface area (Å²) in [7, 11) is 0. The number of ether oxygens (including phenoxy) is 2. The van der Waals surface area contributed by atoms with Gasteiger partial charge in [0.15, 0.2) is 0 Å². The van der Waals surface area contributed by atoms with Crippen LogP contribution in [0.1, 0.15) is 25.7 Å². The first-order chi connectivity index (χ1) is 9.20. The molecular formula is C15H20O4. The molecule has 2 rings (SSSR count). The van der Waals surface area contributed by atoms with Crippen LogP contribution >= 0.6 is 0 Å². The van der Waals surface area contributed by atoms with Crippen molar-refractivity contribution < 1.29 is 19.0 Å². The minimum absolute atomic E-state index is 0.0426. The molecule has 19 heavy (non-hydrogen) atoms. The summed E-state index contributed by atoms with van der Waals surface area (Å²) in [6, 6.07) is 9.52. The van der Waals surface area contributed by atoms with Crippen LogP contribution < -0.4 is 0 Å². The van der Waals surface area contributed by atoms with Crippen molar-refractivity contribution in [2.45, 2.75) is 26.1 Å². The fourth-order valence-corrected chi connectivity index (χ4v) is 1.84. The Bertz CT molecular complexity index is 473. The van der Waals surface area contributed by atoms with E-state index in [2.05, 4.69) is 0 Å². The second kappa shape index (κ2) is 6.70. The van der Waals surface area contributed by atoms with Crippen molar-refractivity contribution in [2.24, 2.45) is 0 Å². The number of rotatable bonds is 7. The largest absolute Gasteiger partial charge is 0.458 e. The molecule has 0 amide bonds. The molecule has 0 aliphatic heterocycles. The van der Waals surface area contributed by atoms with Gasteiger partial charge in [0.25, 0.3) is 0 Å². The molecule has 0 bridgehead atoms. The zero-order chi connectivity index (χ0) is 13.7. The van der Waals surface area contributed by atoms with Crippen LogP contribution in [0.2, 0.25) is 0 Å². The summed E-state index contributed by atoms with van der Waals surface area (Å²) in [5, 5.41) is 11.0. The van der Waals surface area contributed by atoms with Crippen LogP contribution in [0.5, 0.6) is 0 Å². The van der Waals surface area contributed by atoms with Crippen molar-refractivity contribution in [3.8, 4) is 0 Å². The van der Waals surface area contributed by atoms with Crippen LogP contribution in [0.3, 0.4) is 0 Å². The predicted molar refractivity (Wildman–Crippen MR) is 73.1 cm³/mol. The van der Waals surface area contributed by atoms with Gasteiger partial charge < -0.3 is 19.0 Å². The lowest BCUT2D eigenvalue weighted by atomic mass is 10.2. The number of hydrogen-bond acceptors (Lipinski definition) is 4. The zero-order valence-corrected chi connectivity index (χ0v) is 11.3. The van der Waals surface area contributed by atoms with E-state index in [1.54, 1.807) is 0 Å². The maximum Gasteiger partial charge on any atom is 0.136 e. The van der Waals surface area contributed by atoms with Crippen LogP contribution in [0, 0.1) is 0 Å². The van der Waals surface area contributed by atoms with Gasteiger partial charge in [-0.05, 0) is 26.0 Å². The topological polar surface area (TPSA) is 51.8 Å². The number of furan rings is 1. The second-order valence-corrected chi connectivity index (χ2v) is 4.51. The van der Waals surface area contributed by atoms with Gasteiger partial charge in [-0.2, -0.15) is 0 Å². The number of hydrogen-bond donors (Lipinski definition) is 1. The van der Waals surface area contributed by atoms with E-state index in [1.807, 2.05) is 44.2 Å². The van der Waals surface area contributed by atoms with Gasteiger partial charge in [-0.15, -0.1) is 0 Å². The van der Waals surface area contributed by atoms with Gasteiger partial charge in [0, 0.05) is 12.0 Å². The average molecular weight is 264 g/mol. The number of benzene rings is 1. The van der Waals surface area contributed by atoms with Crippen molar-refractivity contribution in [1.29, 1.82) is 0 Å². The maximum atomic E-state index is 10.0. The number of aliphatic hydroxyl groups is 1. The number of aliphatic hydroxyl groups excluding tert-OH is 1. The third kappa shape index (κ3) is 3.80. The van der Waals surface area contributed by atoms with E-state index in [1.165, 1.54) is 0 Å². The van der Waals surface area contributed by atoms with E-state index in [0.717, 1.165) is 11.0 Å². The Balaban J connectivity index is 1.90. The SMILES string of the molecule is CCOCC(C)OCC(O)c1cc2ccccc2o1. The summed E-state index contributed by atoms with van der Waals surface area (Å²) in [5.41, 5.74) is 0.777. The van der Waals surface area contributed by atoms with Gasteiger partial charge in [-0.1, -0.05) is 18.2 Å². The van der Waals surface area contributed by atoms with Gasteiger partial charge in [-0.3, -0.25) is 0 Å². The third-order valence-electron chi connectivity index (χ3n) is 2.87. The van der Waals surface area contributed by atoms with Gasteiger partial charge in [0.1, 0.15) is 17.4 Å². The first-order valence-electron chi connectivity index (χ1n) is 6.56. The molecule has 2 unspecified atom stereocenters. The molecule has 2 aromatic rings. The highest BCUT2D eigenvalue weighted by Crippen LogP contribution is 2.24. The van der Waals surface area contributed by atoms with Crippen molar-refractivity contribution in [3.05, 3.63) is 36.1 Å². The minimum atomic E-state index is -0.753. The molecule has 0 saturated carbocycles. The first kappa shape index (κ1) is 14.1. The van der Waals surface area contributed by atoms with Crippen molar-refractivity contribution in [1.82, 2.24) is 0 Å². The lowest BCUT2D eigenvalue weighted by Crippen LogP contribution is -2.19. The Hall–Kier alpha value is -1.36. The second-order valence-electron chi connectivity index (χ2n) is 4.51. The summed E-state index contributed by atoms with van der Waals surface area (Å²) in [5.74, 6) is 0.532. The van der Waals surface area contributed by atoms with E-state index in [4.69, 9.17) is 13.9 Å². The summed E-state index contributed by atoms with van der Waals surface area (Å²) >= 11 is 0. The van der Waals surface area contributed by atoms with Crippen LogP contribution in [0.15, 0.2) is 34.7 Å². The normalized spacial score (nSPS) is 14.7. The summed E-state index contributed by atoms with van der Waals surface area (Å²) < 4.78 is 16.4. The van der Waals surface area contributed by atoms with Gasteiger partial charge >= 0.3 is 0 Å². The smallest absolute Gasteiger partial charge is 0.136 e. The van der Waals surface area contributed by atoms with Crippen molar-refractivity contribution in [3.63, 3.8) is 0 Å². The molecule has 0 radical (unpaired) electrons. The molecular weight excluding hydrogens is 244 g/mol. The molecule has 1 N–H and O–H groups in total. The first-order valence-corrected chi connectivity index (χ1v) is 6.56. The van der Waals surface area contributed by atoms with Crippen LogP contribution in [0.4, 0.5) is 0 Å². The third-order valence-corrected chi connectivity index (χ3v) is 2.87. The monoisotopic (exact) mass is 264 g/mol. The molecule has 0 spiro atoms. The number of para-hydroxylation sites is 1. The lowest BCUT2D eigenvalue weighted by Gasteiger charge is -2.15. The fraction of sp³-hybridized carbons (Fsp3) is 0.467. The average Bonchev–Trinajstić information content (AvgIpc) is 2.86. The van der Waals surface area contributed by atoms with E-state index in [-0.39, 0.29) is 12.7 Å². The molecule has 104 valence electrons. The maximum absolute atomic E-state index is 10.0. The van der Waals surface area contributed by atoms with E-state index in [0.29, 0.717) is 19.0 Å². The van der Waals surface area contributed by atoms with Crippen LogP contribution in [-0.2, 0) is 9.47 Å². The molecule has 0 saturated heterocycles. The quantitative estimate of drug-likeness (QED) is 0.835. The molecule has 4 nitrogen and oxygen atoms in total. The highest BCUT2D eigenvalue weighted by atomic mass is 16.5. The highest BCUT2D eigenvalue weighted by molar-refractivity contribution is 5.77. The molecule has 0 aliphatic rings. The standard InChI is InChI=1S/C15H20O4/c1-3-17-9-11(2)18-10-13(16)15-8-12-6-4-5-7-14(12)19-15/h4-8,11,13,16H,3,9-10H2,1-2H3. The van der Waals surface area contributed by atoms with Crippen LogP contribution in [0.25, 0.3) is 11.0 Å². The fourth-order valence-electron chi connectivity index (χ4n) is 1.84. The van der Waals surface area contributed by atoms with Crippen LogP contribution in [-0.4, -0.2) is 31.0 Å². The Labute approximate surface area is 112 Å². The van der Waals surface area contributed by atoms with Gasteiger partial charge in [0.05, 0.1) is 19.3 Å². The van der Waals surface area contributed by atoms with Gasteiger partial charge in [0.2, 0.25) is 0 Å². The van der Waals surface area contributed by atoms with E-state index < -0.39 is 6.10 Å². The Morgan fingerprint density at radius 1 is 1.26 bits per heavy atom. The summed E-state index contributed by atoms with van der Waals surface area (Å²) in [6.45, 7) is 5.26. The predicted octanol–water partition coefficient (Wildman–Crippen LogP) is 2.91. The minimum Gasteiger partial charge on any atom is -0.458 e. The summed E-state index contributed by atoms with van der Waals surface area (Å²) in [6.07, 6.45) is -0.796. The van der Waals surface area contributed by atoms with Crippen molar-refractivity contribution >= 4 is 11.0 Å². The zero-order valence-electron chi connectivity index (χ0n) is 11.3. The molecule has 0 fully saturated rings. The molecule has 1 heterocycles. The van der Waals surface area contributed by atoms with Gasteiger partial charge in [-0.25, -0.2) is 0 Å². The summed E-state index contributed by atoms with van der Waals surface area (Å²) in [4.78, 5) is 0. The lowest BCUT2D eigenvalue weighted by molar-refractivity contribution is -0.0437. The van der Waals surface area contributed by atoms with E-state index in [9.17, 15) is 5.11 Å². The van der Waals surface area contributed by atoms with E-state index >= 15 is 0 Å². The molecule has 1 aromatic heterocycles. The molecule has 2 atom stereocenters. The Morgan fingerprint density at radius 3 is 2.79 bits per heavy atom. The molecule has 0 aliphatic carbocycles. The highest BCUT2D eigenvalue weighted by Gasteiger charge is 2.15. The molecule has 1 aromatic carbocycles. The Kier molecular flexibility index (Phi) is 4.96.